The number of rotatable bonds is 19. The van der Waals surface area contributed by atoms with Crippen LogP contribution in [0.25, 0.3) is 0 Å². The molecule has 0 aromatic rings. The maximum Gasteiger partial charge on any atom is 0.305 e. The van der Waals surface area contributed by atoms with E-state index < -0.39 is 124 Å². The van der Waals surface area contributed by atoms with Crippen molar-refractivity contribution in [2.45, 2.75) is 151 Å². The van der Waals surface area contributed by atoms with Crippen molar-refractivity contribution >= 4 is 17.8 Å². The van der Waals surface area contributed by atoms with Gasteiger partial charge in [0.1, 0.15) is 73.1 Å². The Kier molecular flexibility index (Phi) is 18.4. The van der Waals surface area contributed by atoms with Crippen LogP contribution in [-0.4, -0.2) is 184 Å². The number of hydrogen-bond donors (Lipinski definition) is 10. The molecule has 52 heavy (non-hydrogen) atoms. The number of hydrogen-bond acceptors (Lipinski definition) is 18. The Labute approximate surface area is 301 Å². The van der Waals surface area contributed by atoms with Gasteiger partial charge in [0.2, 0.25) is 11.8 Å². The van der Waals surface area contributed by atoms with E-state index in [1.807, 2.05) is 0 Å². The molecule has 3 heterocycles. The average molecular weight is 757 g/mol. The zero-order valence-corrected chi connectivity index (χ0v) is 29.6. The van der Waals surface area contributed by atoms with E-state index >= 15 is 0 Å². The molecule has 0 aromatic heterocycles. The number of amides is 2. The van der Waals surface area contributed by atoms with Gasteiger partial charge in [-0.1, -0.05) is 25.7 Å². The molecule has 0 bridgehead atoms. The molecule has 20 nitrogen and oxygen atoms in total. The molecule has 3 saturated heterocycles. The molecule has 0 spiro atoms. The minimum absolute atomic E-state index is 0.123. The lowest BCUT2D eigenvalue weighted by atomic mass is 9.95. The highest BCUT2D eigenvalue weighted by Crippen LogP contribution is 2.31. The van der Waals surface area contributed by atoms with E-state index in [-0.39, 0.29) is 12.6 Å². The summed E-state index contributed by atoms with van der Waals surface area (Å²) in [5, 5.41) is 88.3. The number of aliphatic hydroxyl groups excluding tert-OH is 8. The molecule has 3 rings (SSSR count). The summed E-state index contributed by atoms with van der Waals surface area (Å²) in [5.74, 6) is -1.43. The second-order valence-corrected chi connectivity index (χ2v) is 13.1. The normalized spacial score (nSPS) is 38.0. The van der Waals surface area contributed by atoms with Crippen molar-refractivity contribution in [2.75, 3.05) is 33.5 Å². The lowest BCUT2D eigenvalue weighted by molar-refractivity contribution is -0.349. The zero-order chi connectivity index (χ0) is 38.5. The molecular weight excluding hydrogens is 700 g/mol. The fourth-order valence-corrected chi connectivity index (χ4v) is 6.26. The van der Waals surface area contributed by atoms with Crippen LogP contribution in [0.2, 0.25) is 0 Å². The number of carbonyl (C=O) groups excluding carboxylic acids is 3. The molecule has 20 heteroatoms. The SMILES string of the molecule is COC(=O)CCCCCCCCO[C@H]1O[C@H](CO[C@@H]2O[C@H](CO)[C@@H](O)[C@H](O)[C@H]2NC(C)=O)[C@H](O)[C@H](O[C@@H]2O[C@H](CO)[C@H](O)[C@H](O)[C@H]2O)[C@H]1NC(C)=O. The van der Waals surface area contributed by atoms with Gasteiger partial charge in [-0.2, -0.15) is 0 Å². The molecule has 0 aromatic carbocycles. The molecule has 15 atom stereocenters. The maximum atomic E-state index is 12.4. The van der Waals surface area contributed by atoms with Crippen LogP contribution in [0.15, 0.2) is 0 Å². The maximum absolute atomic E-state index is 12.4. The third kappa shape index (κ3) is 12.2. The van der Waals surface area contributed by atoms with Crippen molar-refractivity contribution in [1.82, 2.24) is 10.6 Å². The van der Waals surface area contributed by atoms with Crippen molar-refractivity contribution in [3.63, 3.8) is 0 Å². The Morgan fingerprint density at radius 1 is 0.596 bits per heavy atom. The van der Waals surface area contributed by atoms with Gasteiger partial charge in [-0.15, -0.1) is 0 Å². The van der Waals surface area contributed by atoms with Gasteiger partial charge < -0.3 is 84.6 Å². The number of unbranched alkanes of at least 4 members (excludes halogenated alkanes) is 5. The van der Waals surface area contributed by atoms with Gasteiger partial charge in [0, 0.05) is 26.9 Å². The van der Waals surface area contributed by atoms with E-state index in [1.54, 1.807) is 0 Å². The highest BCUT2D eigenvalue weighted by molar-refractivity contribution is 5.73. The summed E-state index contributed by atoms with van der Waals surface area (Å²) < 4.78 is 39.7. The van der Waals surface area contributed by atoms with E-state index in [1.165, 1.54) is 21.0 Å². The number of methoxy groups -OCH3 is 1. The quantitative estimate of drug-likeness (QED) is 0.0440. The Bertz CT molecular complexity index is 1100. The number of esters is 1. The summed E-state index contributed by atoms with van der Waals surface area (Å²) in [6, 6.07) is -2.56. The Morgan fingerprint density at radius 2 is 1.12 bits per heavy atom. The first kappa shape index (κ1) is 44.2. The molecule has 3 aliphatic rings. The van der Waals surface area contributed by atoms with Crippen LogP contribution < -0.4 is 10.6 Å². The molecule has 0 unspecified atom stereocenters. The van der Waals surface area contributed by atoms with Crippen LogP contribution in [-0.2, 0) is 47.5 Å². The summed E-state index contributed by atoms with van der Waals surface area (Å²) >= 11 is 0. The lowest BCUT2D eigenvalue weighted by Gasteiger charge is -2.48. The Morgan fingerprint density at radius 3 is 1.71 bits per heavy atom. The summed E-state index contributed by atoms with van der Waals surface area (Å²) in [6.07, 6.45) is -15.3. The molecule has 0 radical (unpaired) electrons. The third-order valence-electron chi connectivity index (χ3n) is 9.14. The van der Waals surface area contributed by atoms with E-state index in [0.29, 0.717) is 19.3 Å². The first-order valence-electron chi connectivity index (χ1n) is 17.5. The number of ether oxygens (including phenoxy) is 7. The summed E-state index contributed by atoms with van der Waals surface area (Å²) in [6.45, 7) is 0.496. The van der Waals surface area contributed by atoms with Crippen molar-refractivity contribution in [3.05, 3.63) is 0 Å². The molecule has 0 aliphatic carbocycles. The minimum atomic E-state index is -1.86. The fraction of sp³-hybridized carbons (Fsp3) is 0.906. The second-order valence-electron chi connectivity index (χ2n) is 13.1. The number of carbonyl (C=O) groups is 3. The van der Waals surface area contributed by atoms with Crippen LogP contribution in [0.4, 0.5) is 0 Å². The van der Waals surface area contributed by atoms with E-state index in [9.17, 15) is 55.2 Å². The summed E-state index contributed by atoms with van der Waals surface area (Å²) in [4.78, 5) is 35.5. The Hall–Kier alpha value is -2.15. The van der Waals surface area contributed by atoms with E-state index in [0.717, 1.165) is 25.7 Å². The first-order valence-corrected chi connectivity index (χ1v) is 17.5. The van der Waals surface area contributed by atoms with Crippen molar-refractivity contribution in [2.24, 2.45) is 0 Å². The van der Waals surface area contributed by atoms with Crippen molar-refractivity contribution in [1.29, 1.82) is 0 Å². The average Bonchev–Trinajstić information content (AvgIpc) is 3.11. The van der Waals surface area contributed by atoms with E-state index in [2.05, 4.69) is 15.4 Å². The highest BCUT2D eigenvalue weighted by Gasteiger charge is 2.52. The summed E-state index contributed by atoms with van der Waals surface area (Å²) in [7, 11) is 1.34. The smallest absolute Gasteiger partial charge is 0.305 e. The van der Waals surface area contributed by atoms with Gasteiger partial charge in [-0.05, 0) is 12.8 Å². The molecule has 2 amide bonds. The standard InChI is InChI=1S/C32H56N2O18/c1-15(37)33-21-26(43)23(40)17(12-35)49-30(21)48-14-19-25(42)29(52-32-28(45)27(44)24(41)18(13-36)50-32)22(34-16(2)38)31(51-19)47-11-9-7-5-4-6-8-10-20(39)46-3/h17-19,21-32,35-36,40-45H,4-14H2,1-3H3,(H,33,37)(H,34,38)/t17-,18-,19-,21-,22-,23-,24+,25+,26-,27+,28-,29-,30-,31+,32+/m1/s1. The molecule has 0 saturated carbocycles. The van der Waals surface area contributed by atoms with Crippen LogP contribution in [0.5, 0.6) is 0 Å². The number of nitrogens with one attached hydrogen (secondary N) is 2. The minimum Gasteiger partial charge on any atom is -0.469 e. The zero-order valence-electron chi connectivity index (χ0n) is 29.6. The topological polar surface area (TPSA) is 302 Å². The van der Waals surface area contributed by atoms with Gasteiger partial charge in [0.05, 0.1) is 26.9 Å². The lowest BCUT2D eigenvalue weighted by Crippen LogP contribution is -2.68. The number of aliphatic hydroxyl groups is 8. The molecule has 302 valence electrons. The molecular formula is C32H56N2O18. The monoisotopic (exact) mass is 756 g/mol. The van der Waals surface area contributed by atoms with Gasteiger partial charge in [0.15, 0.2) is 18.9 Å². The molecule has 3 fully saturated rings. The Balaban J connectivity index is 1.78. The fourth-order valence-electron chi connectivity index (χ4n) is 6.26. The predicted molar refractivity (Wildman–Crippen MR) is 173 cm³/mol. The highest BCUT2D eigenvalue weighted by atomic mass is 16.7. The third-order valence-corrected chi connectivity index (χ3v) is 9.14. The first-order chi connectivity index (χ1) is 24.7. The van der Waals surface area contributed by atoms with Gasteiger partial charge in [-0.3, -0.25) is 14.4 Å². The summed E-state index contributed by atoms with van der Waals surface area (Å²) in [5.41, 5.74) is 0. The van der Waals surface area contributed by atoms with Crippen LogP contribution in [0.3, 0.4) is 0 Å². The van der Waals surface area contributed by atoms with Crippen LogP contribution >= 0.6 is 0 Å². The molecule has 3 aliphatic heterocycles. The predicted octanol–water partition coefficient (Wildman–Crippen LogP) is -4.36. The van der Waals surface area contributed by atoms with Gasteiger partial charge >= 0.3 is 5.97 Å². The largest absolute Gasteiger partial charge is 0.469 e. The van der Waals surface area contributed by atoms with Gasteiger partial charge in [-0.25, -0.2) is 0 Å². The van der Waals surface area contributed by atoms with Crippen LogP contribution in [0.1, 0.15) is 58.8 Å². The van der Waals surface area contributed by atoms with Crippen molar-refractivity contribution < 1.29 is 88.4 Å². The van der Waals surface area contributed by atoms with E-state index in [4.69, 9.17) is 28.4 Å². The van der Waals surface area contributed by atoms with Crippen molar-refractivity contribution in [3.8, 4) is 0 Å². The second kappa shape index (κ2) is 21.7. The van der Waals surface area contributed by atoms with Crippen LogP contribution in [0, 0.1) is 0 Å². The molecule has 10 N–H and O–H groups in total. The van der Waals surface area contributed by atoms with Gasteiger partial charge in [0.25, 0.3) is 0 Å².